The minimum Gasteiger partial charge on any atom is -0.307 e. The quantitative estimate of drug-likeness (QED) is 0.826. The standard InChI is InChI=1S/C12H16N4/c1-11(12-5-2-3-6-14-12)13-8-10-16-9-4-7-15-16/h2-7,9,11,13H,8,10H2,1H3/t11-/m1/s1. The second-order valence-electron chi connectivity index (χ2n) is 3.70. The second kappa shape index (κ2) is 5.42. The van der Waals surface area contributed by atoms with Crippen molar-refractivity contribution in [1.29, 1.82) is 0 Å². The van der Waals surface area contributed by atoms with Crippen LogP contribution < -0.4 is 5.32 Å². The van der Waals surface area contributed by atoms with Crippen molar-refractivity contribution in [3.05, 3.63) is 48.5 Å². The predicted molar refractivity (Wildman–Crippen MR) is 62.9 cm³/mol. The zero-order chi connectivity index (χ0) is 11.2. The third kappa shape index (κ3) is 2.90. The van der Waals surface area contributed by atoms with Crippen LogP contribution in [0.2, 0.25) is 0 Å². The molecule has 0 saturated carbocycles. The van der Waals surface area contributed by atoms with E-state index in [9.17, 15) is 0 Å². The summed E-state index contributed by atoms with van der Waals surface area (Å²) < 4.78 is 1.91. The number of hydrogen-bond acceptors (Lipinski definition) is 3. The fourth-order valence-corrected chi connectivity index (χ4v) is 1.57. The van der Waals surface area contributed by atoms with E-state index in [4.69, 9.17) is 0 Å². The van der Waals surface area contributed by atoms with E-state index < -0.39 is 0 Å². The van der Waals surface area contributed by atoms with Gasteiger partial charge in [0, 0.05) is 31.2 Å². The molecule has 2 heterocycles. The fraction of sp³-hybridized carbons (Fsp3) is 0.333. The maximum Gasteiger partial charge on any atom is 0.0570 e. The molecule has 0 amide bonds. The lowest BCUT2D eigenvalue weighted by Gasteiger charge is -2.12. The molecule has 84 valence electrons. The molecule has 4 heteroatoms. The van der Waals surface area contributed by atoms with Gasteiger partial charge in [-0.25, -0.2) is 0 Å². The number of nitrogens with zero attached hydrogens (tertiary/aromatic N) is 3. The first-order valence-corrected chi connectivity index (χ1v) is 5.48. The van der Waals surface area contributed by atoms with Gasteiger partial charge in [-0.15, -0.1) is 0 Å². The molecule has 4 nitrogen and oxygen atoms in total. The average Bonchev–Trinajstić information content (AvgIpc) is 2.83. The van der Waals surface area contributed by atoms with Crippen molar-refractivity contribution in [3.63, 3.8) is 0 Å². The molecular weight excluding hydrogens is 200 g/mol. The van der Waals surface area contributed by atoms with Crippen LogP contribution in [0.15, 0.2) is 42.9 Å². The van der Waals surface area contributed by atoms with Gasteiger partial charge in [0.05, 0.1) is 12.2 Å². The van der Waals surface area contributed by atoms with Gasteiger partial charge in [-0.05, 0) is 25.1 Å². The molecule has 0 bridgehead atoms. The first-order chi connectivity index (χ1) is 7.86. The smallest absolute Gasteiger partial charge is 0.0570 e. The lowest BCUT2D eigenvalue weighted by molar-refractivity contribution is 0.501. The van der Waals surface area contributed by atoms with Gasteiger partial charge >= 0.3 is 0 Å². The van der Waals surface area contributed by atoms with Crippen LogP contribution in [0.5, 0.6) is 0 Å². The molecule has 0 aliphatic carbocycles. The van der Waals surface area contributed by atoms with Gasteiger partial charge in [-0.1, -0.05) is 6.07 Å². The van der Waals surface area contributed by atoms with E-state index in [0.29, 0.717) is 0 Å². The van der Waals surface area contributed by atoms with Gasteiger partial charge in [-0.2, -0.15) is 5.10 Å². The van der Waals surface area contributed by atoms with Crippen molar-refractivity contribution in [1.82, 2.24) is 20.1 Å². The van der Waals surface area contributed by atoms with Crippen LogP contribution in [0.4, 0.5) is 0 Å². The Morgan fingerprint density at radius 3 is 2.94 bits per heavy atom. The molecule has 16 heavy (non-hydrogen) atoms. The van der Waals surface area contributed by atoms with Gasteiger partial charge in [0.2, 0.25) is 0 Å². The summed E-state index contributed by atoms with van der Waals surface area (Å²) in [7, 11) is 0. The summed E-state index contributed by atoms with van der Waals surface area (Å²) in [5.74, 6) is 0. The zero-order valence-corrected chi connectivity index (χ0v) is 9.37. The van der Waals surface area contributed by atoms with E-state index in [2.05, 4.69) is 22.3 Å². The first-order valence-electron chi connectivity index (χ1n) is 5.48. The Kier molecular flexibility index (Phi) is 3.66. The summed E-state index contributed by atoms with van der Waals surface area (Å²) in [5.41, 5.74) is 1.07. The van der Waals surface area contributed by atoms with Gasteiger partial charge in [0.25, 0.3) is 0 Å². The van der Waals surface area contributed by atoms with Crippen LogP contribution in [0.1, 0.15) is 18.7 Å². The molecule has 0 aliphatic rings. The highest BCUT2D eigenvalue weighted by molar-refractivity contribution is 5.07. The number of hydrogen-bond donors (Lipinski definition) is 1. The van der Waals surface area contributed by atoms with Gasteiger partial charge in [0.15, 0.2) is 0 Å². The molecule has 0 aliphatic heterocycles. The van der Waals surface area contributed by atoms with Crippen LogP contribution in [-0.4, -0.2) is 21.3 Å². The summed E-state index contributed by atoms with van der Waals surface area (Å²) in [6.07, 6.45) is 5.58. The van der Waals surface area contributed by atoms with Gasteiger partial charge < -0.3 is 5.32 Å². The molecule has 0 unspecified atom stereocenters. The van der Waals surface area contributed by atoms with Crippen molar-refractivity contribution in [3.8, 4) is 0 Å². The molecule has 0 radical (unpaired) electrons. The maximum absolute atomic E-state index is 4.31. The fourth-order valence-electron chi connectivity index (χ4n) is 1.57. The third-order valence-corrected chi connectivity index (χ3v) is 2.48. The summed E-state index contributed by atoms with van der Waals surface area (Å²) in [6, 6.07) is 8.18. The highest BCUT2D eigenvalue weighted by Crippen LogP contribution is 2.06. The first kappa shape index (κ1) is 10.8. The van der Waals surface area contributed by atoms with E-state index >= 15 is 0 Å². The Morgan fingerprint density at radius 2 is 2.25 bits per heavy atom. The van der Waals surface area contributed by atoms with Crippen molar-refractivity contribution < 1.29 is 0 Å². The Hall–Kier alpha value is -1.68. The van der Waals surface area contributed by atoms with Crippen molar-refractivity contribution in [2.45, 2.75) is 19.5 Å². The Labute approximate surface area is 95.3 Å². The van der Waals surface area contributed by atoms with Gasteiger partial charge in [0.1, 0.15) is 0 Å². The van der Waals surface area contributed by atoms with Crippen molar-refractivity contribution >= 4 is 0 Å². The Balaban J connectivity index is 1.78. The van der Waals surface area contributed by atoms with E-state index in [1.165, 1.54) is 0 Å². The van der Waals surface area contributed by atoms with Crippen molar-refractivity contribution in [2.24, 2.45) is 0 Å². The summed E-state index contributed by atoms with van der Waals surface area (Å²) >= 11 is 0. The van der Waals surface area contributed by atoms with E-state index in [1.807, 2.05) is 41.3 Å². The monoisotopic (exact) mass is 216 g/mol. The Morgan fingerprint density at radius 1 is 1.31 bits per heavy atom. The van der Waals surface area contributed by atoms with Crippen LogP contribution in [0.3, 0.4) is 0 Å². The normalized spacial score (nSPS) is 12.6. The van der Waals surface area contributed by atoms with E-state index in [1.54, 1.807) is 6.20 Å². The van der Waals surface area contributed by atoms with Crippen LogP contribution in [-0.2, 0) is 6.54 Å². The topological polar surface area (TPSA) is 42.7 Å². The lowest BCUT2D eigenvalue weighted by Crippen LogP contribution is -2.24. The van der Waals surface area contributed by atoms with Crippen molar-refractivity contribution in [2.75, 3.05) is 6.54 Å². The van der Waals surface area contributed by atoms with Crippen LogP contribution in [0.25, 0.3) is 0 Å². The number of aromatic nitrogens is 3. The predicted octanol–water partition coefficient (Wildman–Crippen LogP) is 1.63. The maximum atomic E-state index is 4.31. The molecule has 2 aromatic rings. The average molecular weight is 216 g/mol. The molecule has 1 N–H and O–H groups in total. The molecule has 0 saturated heterocycles. The Bertz CT molecular complexity index is 396. The molecular formula is C12H16N4. The molecule has 0 spiro atoms. The third-order valence-electron chi connectivity index (χ3n) is 2.48. The number of rotatable bonds is 5. The second-order valence-corrected chi connectivity index (χ2v) is 3.70. The lowest BCUT2D eigenvalue weighted by atomic mass is 10.2. The molecule has 0 fully saturated rings. The highest BCUT2D eigenvalue weighted by atomic mass is 15.3. The van der Waals surface area contributed by atoms with Crippen LogP contribution in [0, 0.1) is 0 Å². The van der Waals surface area contributed by atoms with E-state index in [-0.39, 0.29) is 6.04 Å². The van der Waals surface area contributed by atoms with Gasteiger partial charge in [-0.3, -0.25) is 9.67 Å². The minimum atomic E-state index is 0.275. The molecule has 1 atom stereocenters. The molecule has 2 aromatic heterocycles. The summed E-state index contributed by atoms with van der Waals surface area (Å²) in [5, 5.41) is 7.56. The molecule has 0 aromatic carbocycles. The van der Waals surface area contributed by atoms with E-state index in [0.717, 1.165) is 18.8 Å². The number of pyridine rings is 1. The summed E-state index contributed by atoms with van der Waals surface area (Å²) in [6.45, 7) is 3.88. The van der Waals surface area contributed by atoms with Crippen LogP contribution >= 0.6 is 0 Å². The zero-order valence-electron chi connectivity index (χ0n) is 9.37. The summed E-state index contributed by atoms with van der Waals surface area (Å²) in [4.78, 5) is 4.31. The molecule has 2 rings (SSSR count). The highest BCUT2D eigenvalue weighted by Gasteiger charge is 2.04. The minimum absolute atomic E-state index is 0.275. The largest absolute Gasteiger partial charge is 0.307 e. The number of nitrogens with one attached hydrogen (secondary N) is 1. The SMILES string of the molecule is C[C@@H](NCCn1cccn1)c1ccccn1.